The van der Waals surface area contributed by atoms with Crippen LogP contribution in [-0.2, 0) is 9.59 Å². The Bertz CT molecular complexity index is 731. The minimum atomic E-state index is -0.188. The fourth-order valence-electron chi connectivity index (χ4n) is 2.43. The molecule has 1 aliphatic rings. The highest BCUT2D eigenvalue weighted by molar-refractivity contribution is 7.99. The molecular formula is C15H16N4O3S. The summed E-state index contributed by atoms with van der Waals surface area (Å²) in [4.78, 5) is 25.0. The van der Waals surface area contributed by atoms with E-state index in [1.807, 2.05) is 24.3 Å². The summed E-state index contributed by atoms with van der Waals surface area (Å²) in [5, 5.41) is 8.54. The Morgan fingerprint density at radius 3 is 2.96 bits per heavy atom. The number of imide groups is 1. The molecule has 1 aliphatic heterocycles. The van der Waals surface area contributed by atoms with Crippen molar-refractivity contribution in [3.8, 4) is 11.4 Å². The minimum absolute atomic E-state index is 0.0956. The fraction of sp³-hybridized carbons (Fsp3) is 0.333. The van der Waals surface area contributed by atoms with Crippen LogP contribution in [0.25, 0.3) is 5.69 Å². The molecule has 2 aromatic rings. The van der Waals surface area contributed by atoms with Gasteiger partial charge in [0.1, 0.15) is 12.1 Å². The molecule has 0 aliphatic carbocycles. The van der Waals surface area contributed by atoms with Gasteiger partial charge in [0.2, 0.25) is 11.8 Å². The third-order valence-electron chi connectivity index (χ3n) is 3.56. The number of methoxy groups -OCH3 is 1. The number of ether oxygens (including phenoxy) is 1. The van der Waals surface area contributed by atoms with E-state index in [0.29, 0.717) is 23.9 Å². The van der Waals surface area contributed by atoms with Crippen LogP contribution in [0.3, 0.4) is 0 Å². The van der Waals surface area contributed by atoms with Crippen molar-refractivity contribution in [1.29, 1.82) is 0 Å². The monoisotopic (exact) mass is 332 g/mol. The van der Waals surface area contributed by atoms with Crippen LogP contribution in [0.4, 0.5) is 0 Å². The number of carbonyl (C=O) groups excluding carboxylic acids is 2. The number of thioether (sulfide) groups is 1. The van der Waals surface area contributed by atoms with Crippen LogP contribution >= 0.6 is 11.8 Å². The van der Waals surface area contributed by atoms with Gasteiger partial charge in [0.15, 0.2) is 5.16 Å². The largest absolute Gasteiger partial charge is 0.495 e. The van der Waals surface area contributed by atoms with Crippen molar-refractivity contribution in [2.75, 3.05) is 19.4 Å². The first kappa shape index (κ1) is 15.5. The second kappa shape index (κ2) is 6.82. The zero-order chi connectivity index (χ0) is 16.2. The summed E-state index contributed by atoms with van der Waals surface area (Å²) >= 11 is 1.26. The third-order valence-corrected chi connectivity index (χ3v) is 4.49. The SMILES string of the molecule is COc1ccccc1-n1cnnc1SCC(=O)N1CCCC1=O. The summed E-state index contributed by atoms with van der Waals surface area (Å²) in [6.45, 7) is 0.511. The molecule has 2 heterocycles. The van der Waals surface area contributed by atoms with Gasteiger partial charge in [-0.3, -0.25) is 19.1 Å². The first-order chi connectivity index (χ1) is 11.2. The number of amides is 2. The zero-order valence-electron chi connectivity index (χ0n) is 12.6. The van der Waals surface area contributed by atoms with Crippen LogP contribution < -0.4 is 4.74 Å². The van der Waals surface area contributed by atoms with E-state index in [-0.39, 0.29) is 17.6 Å². The molecule has 0 radical (unpaired) electrons. The van der Waals surface area contributed by atoms with Crippen molar-refractivity contribution in [2.45, 2.75) is 18.0 Å². The predicted molar refractivity (Wildman–Crippen MR) is 84.6 cm³/mol. The molecule has 120 valence electrons. The number of likely N-dealkylation sites (tertiary alicyclic amines) is 1. The number of aromatic nitrogens is 3. The van der Waals surface area contributed by atoms with E-state index in [4.69, 9.17) is 4.74 Å². The van der Waals surface area contributed by atoms with E-state index in [0.717, 1.165) is 12.1 Å². The van der Waals surface area contributed by atoms with Crippen LogP contribution in [-0.4, -0.2) is 50.9 Å². The molecule has 0 atom stereocenters. The lowest BCUT2D eigenvalue weighted by molar-refractivity contribution is -0.140. The lowest BCUT2D eigenvalue weighted by Gasteiger charge is -2.13. The molecule has 0 bridgehead atoms. The first-order valence-electron chi connectivity index (χ1n) is 7.20. The first-order valence-corrected chi connectivity index (χ1v) is 8.18. The summed E-state index contributed by atoms with van der Waals surface area (Å²) in [6.07, 6.45) is 2.77. The number of hydrogen-bond donors (Lipinski definition) is 0. The predicted octanol–water partition coefficient (Wildman–Crippen LogP) is 1.52. The smallest absolute Gasteiger partial charge is 0.239 e. The van der Waals surface area contributed by atoms with Gasteiger partial charge in [-0.05, 0) is 18.6 Å². The highest BCUT2D eigenvalue weighted by Gasteiger charge is 2.26. The second-order valence-corrected chi connectivity index (χ2v) is 5.93. The average molecular weight is 332 g/mol. The van der Waals surface area contributed by atoms with Crippen molar-refractivity contribution in [1.82, 2.24) is 19.7 Å². The molecule has 3 rings (SSSR count). The van der Waals surface area contributed by atoms with Crippen LogP contribution in [0, 0.1) is 0 Å². The van der Waals surface area contributed by atoms with E-state index < -0.39 is 0 Å². The number of rotatable bonds is 5. The summed E-state index contributed by atoms with van der Waals surface area (Å²) in [5.74, 6) is 0.559. The van der Waals surface area contributed by atoms with E-state index in [2.05, 4.69) is 10.2 Å². The van der Waals surface area contributed by atoms with Crippen molar-refractivity contribution in [3.63, 3.8) is 0 Å². The summed E-state index contributed by atoms with van der Waals surface area (Å²) in [5.41, 5.74) is 0.798. The van der Waals surface area contributed by atoms with E-state index >= 15 is 0 Å². The highest BCUT2D eigenvalue weighted by Crippen LogP contribution is 2.26. The number of carbonyl (C=O) groups is 2. The number of nitrogens with zero attached hydrogens (tertiary/aromatic N) is 4. The third kappa shape index (κ3) is 3.21. The Hall–Kier alpha value is -2.35. The Kier molecular flexibility index (Phi) is 4.61. The maximum atomic E-state index is 12.1. The average Bonchev–Trinajstić information content (AvgIpc) is 3.21. The Morgan fingerprint density at radius 1 is 1.39 bits per heavy atom. The standard InChI is InChI=1S/C15H16N4O3S/c1-22-12-6-3-2-5-11(12)19-10-16-17-15(19)23-9-14(21)18-8-4-7-13(18)20/h2-3,5-6,10H,4,7-9H2,1H3. The molecule has 1 aromatic carbocycles. The van der Waals surface area contributed by atoms with Crippen LogP contribution in [0.2, 0.25) is 0 Å². The van der Waals surface area contributed by atoms with Gasteiger partial charge in [-0.25, -0.2) is 0 Å². The van der Waals surface area contributed by atoms with E-state index in [1.54, 1.807) is 18.0 Å². The molecule has 2 amide bonds. The molecule has 0 saturated carbocycles. The van der Waals surface area contributed by atoms with Crippen molar-refractivity contribution < 1.29 is 14.3 Å². The molecule has 0 unspecified atom stereocenters. The molecule has 0 spiro atoms. The quantitative estimate of drug-likeness (QED) is 0.773. The van der Waals surface area contributed by atoms with Crippen LogP contribution in [0.15, 0.2) is 35.7 Å². The summed E-state index contributed by atoms with van der Waals surface area (Å²) in [6, 6.07) is 7.50. The van der Waals surface area contributed by atoms with Crippen LogP contribution in [0.5, 0.6) is 5.75 Å². The molecule has 1 fully saturated rings. The van der Waals surface area contributed by atoms with Crippen LogP contribution in [0.1, 0.15) is 12.8 Å². The second-order valence-electron chi connectivity index (χ2n) is 4.99. The van der Waals surface area contributed by atoms with E-state index in [1.165, 1.54) is 16.7 Å². The minimum Gasteiger partial charge on any atom is -0.495 e. The molecule has 0 N–H and O–H groups in total. The molecule has 1 saturated heterocycles. The zero-order valence-corrected chi connectivity index (χ0v) is 13.5. The van der Waals surface area contributed by atoms with Gasteiger partial charge in [0.05, 0.1) is 18.6 Å². The van der Waals surface area contributed by atoms with Crippen molar-refractivity contribution in [2.24, 2.45) is 0 Å². The summed E-state index contributed by atoms with van der Waals surface area (Å²) < 4.78 is 7.11. The molecular weight excluding hydrogens is 316 g/mol. The Labute approximate surface area is 137 Å². The molecule has 23 heavy (non-hydrogen) atoms. The maximum Gasteiger partial charge on any atom is 0.239 e. The maximum absolute atomic E-state index is 12.1. The topological polar surface area (TPSA) is 77.3 Å². The van der Waals surface area contributed by atoms with Gasteiger partial charge < -0.3 is 4.74 Å². The molecule has 8 heteroatoms. The van der Waals surface area contributed by atoms with Gasteiger partial charge in [-0.2, -0.15) is 0 Å². The van der Waals surface area contributed by atoms with E-state index in [9.17, 15) is 9.59 Å². The highest BCUT2D eigenvalue weighted by atomic mass is 32.2. The number of benzene rings is 1. The van der Waals surface area contributed by atoms with Crippen molar-refractivity contribution >= 4 is 23.6 Å². The molecule has 1 aromatic heterocycles. The van der Waals surface area contributed by atoms with Gasteiger partial charge in [0.25, 0.3) is 0 Å². The molecule has 7 nitrogen and oxygen atoms in total. The van der Waals surface area contributed by atoms with Gasteiger partial charge in [-0.15, -0.1) is 10.2 Å². The number of hydrogen-bond acceptors (Lipinski definition) is 6. The van der Waals surface area contributed by atoms with Gasteiger partial charge in [0, 0.05) is 13.0 Å². The lowest BCUT2D eigenvalue weighted by atomic mass is 10.3. The fourth-order valence-corrected chi connectivity index (χ4v) is 3.23. The number of para-hydroxylation sites is 2. The Morgan fingerprint density at radius 2 is 2.22 bits per heavy atom. The van der Waals surface area contributed by atoms with Crippen molar-refractivity contribution in [3.05, 3.63) is 30.6 Å². The summed E-state index contributed by atoms with van der Waals surface area (Å²) in [7, 11) is 1.60. The Balaban J connectivity index is 1.74. The van der Waals surface area contributed by atoms with Gasteiger partial charge in [-0.1, -0.05) is 23.9 Å². The van der Waals surface area contributed by atoms with Gasteiger partial charge >= 0.3 is 0 Å². The lowest BCUT2D eigenvalue weighted by Crippen LogP contribution is -2.33. The normalized spacial score (nSPS) is 14.3.